The minimum Gasteiger partial charge on any atom is -0.400 e. The zero-order valence-corrected chi connectivity index (χ0v) is 7.14. The molecule has 1 heterocycles. The zero-order valence-electron chi connectivity index (χ0n) is 7.14. The summed E-state index contributed by atoms with van der Waals surface area (Å²) in [6, 6.07) is -0.276. The topological polar surface area (TPSA) is 79.5 Å². The summed E-state index contributed by atoms with van der Waals surface area (Å²) in [5.74, 6) is 0.530. The third-order valence-corrected chi connectivity index (χ3v) is 1.42. The Morgan fingerprint density at radius 3 is 2.75 bits per heavy atom. The molecule has 5 nitrogen and oxygen atoms in total. The highest BCUT2D eigenvalue weighted by atomic mass is 16.2. The smallest absolute Gasteiger partial charge is 0.325 e. The molecule has 5 heteroatoms. The fraction of sp³-hybridized carbons (Fsp3) is 0.429. The van der Waals surface area contributed by atoms with E-state index >= 15 is 0 Å². The number of aliphatic imine (C=N–C) groups is 1. The van der Waals surface area contributed by atoms with E-state index in [1.807, 2.05) is 6.92 Å². The van der Waals surface area contributed by atoms with E-state index in [-0.39, 0.29) is 6.03 Å². The molecule has 0 bridgehead atoms. The van der Waals surface area contributed by atoms with Crippen LogP contribution in [0.1, 0.15) is 13.8 Å². The van der Waals surface area contributed by atoms with Crippen molar-refractivity contribution in [2.75, 3.05) is 6.54 Å². The molecule has 0 aliphatic carbocycles. The number of nitrogens with one attached hydrogen (secondary N) is 2. The lowest BCUT2D eigenvalue weighted by Crippen LogP contribution is -2.22. The largest absolute Gasteiger partial charge is 0.400 e. The summed E-state index contributed by atoms with van der Waals surface area (Å²) in [6.07, 6.45) is 0. The predicted octanol–water partition coefficient (Wildman–Crippen LogP) is -0.0922. The molecule has 1 rings (SSSR count). The normalized spacial score (nSPS) is 23.8. The highest BCUT2D eigenvalue weighted by Crippen LogP contribution is 2.02. The SMILES string of the molecule is CC/N=C1/NC(=O)N/C1=C(/C)N. The first-order valence-corrected chi connectivity index (χ1v) is 3.74. The summed E-state index contributed by atoms with van der Waals surface area (Å²) in [5.41, 5.74) is 6.67. The molecule has 1 aliphatic rings. The maximum absolute atomic E-state index is 10.9. The molecule has 0 aromatic rings. The maximum atomic E-state index is 10.9. The van der Waals surface area contributed by atoms with Crippen molar-refractivity contribution in [1.29, 1.82) is 0 Å². The first-order valence-electron chi connectivity index (χ1n) is 3.74. The Bertz CT molecular complexity index is 263. The molecule has 0 unspecified atom stereocenters. The van der Waals surface area contributed by atoms with Crippen LogP contribution in [0.25, 0.3) is 0 Å². The van der Waals surface area contributed by atoms with Crippen molar-refractivity contribution in [3.8, 4) is 0 Å². The second-order valence-electron chi connectivity index (χ2n) is 2.46. The van der Waals surface area contributed by atoms with Crippen LogP contribution in [0.15, 0.2) is 16.4 Å². The lowest BCUT2D eigenvalue weighted by Gasteiger charge is -1.99. The number of nitrogens with two attached hydrogens (primary N) is 1. The number of nitrogens with zero attached hydrogens (tertiary/aromatic N) is 1. The van der Waals surface area contributed by atoms with E-state index in [9.17, 15) is 4.79 Å². The van der Waals surface area contributed by atoms with Gasteiger partial charge in [-0.05, 0) is 13.8 Å². The van der Waals surface area contributed by atoms with Gasteiger partial charge in [-0.2, -0.15) is 0 Å². The van der Waals surface area contributed by atoms with Gasteiger partial charge in [0.25, 0.3) is 0 Å². The molecule has 0 radical (unpaired) electrons. The Labute approximate surface area is 70.7 Å². The van der Waals surface area contributed by atoms with Gasteiger partial charge >= 0.3 is 6.03 Å². The molecule has 0 atom stereocenters. The third-order valence-electron chi connectivity index (χ3n) is 1.42. The molecule has 1 aliphatic heterocycles. The van der Waals surface area contributed by atoms with Gasteiger partial charge in [0, 0.05) is 12.2 Å². The van der Waals surface area contributed by atoms with E-state index in [2.05, 4.69) is 15.6 Å². The highest BCUT2D eigenvalue weighted by molar-refractivity contribution is 6.14. The molecule has 0 saturated carbocycles. The molecule has 12 heavy (non-hydrogen) atoms. The van der Waals surface area contributed by atoms with E-state index < -0.39 is 0 Å². The van der Waals surface area contributed by atoms with Crippen molar-refractivity contribution >= 4 is 11.9 Å². The van der Waals surface area contributed by atoms with Gasteiger partial charge in [-0.25, -0.2) is 4.79 Å². The number of allylic oxidation sites excluding steroid dienone is 1. The van der Waals surface area contributed by atoms with Gasteiger partial charge in [-0.15, -0.1) is 0 Å². The van der Waals surface area contributed by atoms with Crippen LogP contribution in [-0.2, 0) is 0 Å². The van der Waals surface area contributed by atoms with Crippen LogP contribution in [-0.4, -0.2) is 18.4 Å². The van der Waals surface area contributed by atoms with Gasteiger partial charge < -0.3 is 11.1 Å². The number of amides is 2. The van der Waals surface area contributed by atoms with Crippen LogP contribution in [0.2, 0.25) is 0 Å². The number of urea groups is 1. The van der Waals surface area contributed by atoms with E-state index in [0.717, 1.165) is 0 Å². The minimum atomic E-state index is -0.276. The summed E-state index contributed by atoms with van der Waals surface area (Å²) in [7, 11) is 0. The second-order valence-corrected chi connectivity index (χ2v) is 2.46. The molecule has 0 aromatic heterocycles. The van der Waals surface area contributed by atoms with Crippen molar-refractivity contribution in [3.05, 3.63) is 11.4 Å². The molecule has 0 aromatic carbocycles. The summed E-state index contributed by atoms with van der Waals surface area (Å²) in [4.78, 5) is 14.9. The van der Waals surface area contributed by atoms with Crippen LogP contribution in [0.4, 0.5) is 4.79 Å². The molecule has 66 valence electrons. The summed E-state index contributed by atoms with van der Waals surface area (Å²) >= 11 is 0. The molecule has 1 fully saturated rings. The Kier molecular flexibility index (Phi) is 2.32. The van der Waals surface area contributed by atoms with Crippen LogP contribution in [0.3, 0.4) is 0 Å². The third kappa shape index (κ3) is 1.55. The number of carbonyl (C=O) groups is 1. The van der Waals surface area contributed by atoms with Crippen LogP contribution >= 0.6 is 0 Å². The van der Waals surface area contributed by atoms with E-state index in [0.29, 0.717) is 23.8 Å². The fourth-order valence-corrected chi connectivity index (χ4v) is 0.936. The lowest BCUT2D eigenvalue weighted by molar-refractivity contribution is 0.250. The standard InChI is InChI=1S/C7H12N4O/c1-3-9-6-5(4(2)8)10-7(12)11-6/h3,8H2,1-2H3,(H2,9,10,11,12)/b5-4-. The Hall–Kier alpha value is -1.52. The van der Waals surface area contributed by atoms with Gasteiger partial charge in [0.2, 0.25) is 0 Å². The fourth-order valence-electron chi connectivity index (χ4n) is 0.936. The summed E-state index contributed by atoms with van der Waals surface area (Å²) in [5, 5.41) is 5.11. The molecule has 0 spiro atoms. The second kappa shape index (κ2) is 3.25. The van der Waals surface area contributed by atoms with Gasteiger partial charge in [-0.1, -0.05) is 0 Å². The first-order chi connectivity index (χ1) is 5.65. The van der Waals surface area contributed by atoms with Crippen molar-refractivity contribution in [2.45, 2.75) is 13.8 Å². The van der Waals surface area contributed by atoms with Crippen molar-refractivity contribution < 1.29 is 4.79 Å². The summed E-state index contributed by atoms with van der Waals surface area (Å²) < 4.78 is 0. The quantitative estimate of drug-likeness (QED) is 0.511. The minimum absolute atomic E-state index is 0.276. The van der Waals surface area contributed by atoms with Gasteiger partial charge in [0.05, 0.1) is 0 Å². The van der Waals surface area contributed by atoms with Crippen LogP contribution in [0, 0.1) is 0 Å². The van der Waals surface area contributed by atoms with E-state index in [4.69, 9.17) is 5.73 Å². The zero-order chi connectivity index (χ0) is 9.14. The monoisotopic (exact) mass is 168 g/mol. The molecular weight excluding hydrogens is 156 g/mol. The van der Waals surface area contributed by atoms with E-state index in [1.165, 1.54) is 0 Å². The number of amidine groups is 1. The van der Waals surface area contributed by atoms with Gasteiger partial charge in [-0.3, -0.25) is 10.3 Å². The van der Waals surface area contributed by atoms with Crippen LogP contribution in [0.5, 0.6) is 0 Å². The van der Waals surface area contributed by atoms with Gasteiger partial charge in [0.15, 0.2) is 5.84 Å². The maximum Gasteiger partial charge on any atom is 0.325 e. The average Bonchev–Trinajstić information content (AvgIpc) is 2.32. The van der Waals surface area contributed by atoms with Crippen LogP contribution < -0.4 is 16.4 Å². The molecular formula is C7H12N4O. The molecule has 1 saturated heterocycles. The molecule has 4 N–H and O–H groups in total. The number of carbonyl (C=O) groups excluding carboxylic acids is 1. The van der Waals surface area contributed by atoms with Crippen molar-refractivity contribution in [3.63, 3.8) is 0 Å². The summed E-state index contributed by atoms with van der Waals surface area (Å²) in [6.45, 7) is 4.23. The number of hydrogen-bond donors (Lipinski definition) is 3. The Balaban J connectivity index is 2.95. The Morgan fingerprint density at radius 1 is 1.58 bits per heavy atom. The van der Waals surface area contributed by atoms with Gasteiger partial charge in [0.1, 0.15) is 5.70 Å². The lowest BCUT2D eigenvalue weighted by atomic mass is 10.3. The highest BCUT2D eigenvalue weighted by Gasteiger charge is 2.21. The first kappa shape index (κ1) is 8.58. The van der Waals surface area contributed by atoms with E-state index in [1.54, 1.807) is 6.92 Å². The van der Waals surface area contributed by atoms with Crippen molar-refractivity contribution in [2.24, 2.45) is 10.7 Å². The number of rotatable bonds is 1. The average molecular weight is 168 g/mol. The van der Waals surface area contributed by atoms with Crippen molar-refractivity contribution in [1.82, 2.24) is 10.6 Å². The number of hydrogen-bond acceptors (Lipinski definition) is 3. The predicted molar refractivity (Wildman–Crippen MR) is 46.5 cm³/mol. The molecule has 2 amide bonds. The Morgan fingerprint density at radius 2 is 2.25 bits per heavy atom.